The number of piperazine rings is 1. The molecule has 0 spiro atoms. The molecule has 34 heavy (non-hydrogen) atoms. The number of hydrogen-bond donors (Lipinski definition) is 1. The number of urea groups is 1. The first kappa shape index (κ1) is 23.5. The maximum atomic E-state index is 13.6. The van der Waals surface area contributed by atoms with Crippen LogP contribution in [-0.4, -0.2) is 89.2 Å². The number of rotatable bonds is 5. The third-order valence-corrected chi connectivity index (χ3v) is 6.75. The Labute approximate surface area is 199 Å². The predicted octanol–water partition coefficient (Wildman–Crippen LogP) is 1.34. The minimum Gasteiger partial charge on any atom is -0.339 e. The highest BCUT2D eigenvalue weighted by atomic mass is 16.2. The second-order valence-corrected chi connectivity index (χ2v) is 9.05. The molecule has 9 heteroatoms. The van der Waals surface area contributed by atoms with E-state index >= 15 is 0 Å². The molecule has 1 fully saturated rings. The van der Waals surface area contributed by atoms with Crippen LogP contribution in [0.1, 0.15) is 29.7 Å². The summed E-state index contributed by atoms with van der Waals surface area (Å²) in [7, 11) is 0. The van der Waals surface area contributed by atoms with Gasteiger partial charge in [0.05, 0.1) is 23.9 Å². The lowest BCUT2D eigenvalue weighted by Crippen LogP contribution is -2.52. The van der Waals surface area contributed by atoms with Crippen LogP contribution in [0.2, 0.25) is 0 Å². The molecular weight excluding hydrogens is 434 g/mol. The Morgan fingerprint density at radius 3 is 2.41 bits per heavy atom. The quantitative estimate of drug-likeness (QED) is 0.665. The van der Waals surface area contributed by atoms with Crippen molar-refractivity contribution >= 4 is 23.8 Å². The molecule has 1 atom stereocenters. The number of carbonyl (C=O) groups is 4. The molecule has 9 nitrogen and oxygen atoms in total. The summed E-state index contributed by atoms with van der Waals surface area (Å²) in [6, 6.07) is 5.07. The number of benzene rings is 1. The van der Waals surface area contributed by atoms with E-state index in [1.165, 1.54) is 16.7 Å². The average molecular weight is 466 g/mol. The minimum atomic E-state index is -0.573. The molecule has 0 saturated carbocycles. The summed E-state index contributed by atoms with van der Waals surface area (Å²) in [4.78, 5) is 57.5. The van der Waals surface area contributed by atoms with Crippen LogP contribution in [-0.2, 0) is 14.4 Å². The first-order chi connectivity index (χ1) is 16.2. The van der Waals surface area contributed by atoms with Crippen LogP contribution in [0.3, 0.4) is 0 Å². The van der Waals surface area contributed by atoms with Gasteiger partial charge in [0.1, 0.15) is 6.54 Å². The SMILES string of the molecule is C=CCN1C(=O)NC(c2ccc(C)cc2C)C2=C1CN(CC(=O)N1CCN(C(C)=O)CC1)C2=O. The van der Waals surface area contributed by atoms with Crippen molar-refractivity contribution in [2.24, 2.45) is 0 Å². The van der Waals surface area contributed by atoms with Gasteiger partial charge in [-0.2, -0.15) is 0 Å². The van der Waals surface area contributed by atoms with Gasteiger partial charge in [0.15, 0.2) is 0 Å². The summed E-state index contributed by atoms with van der Waals surface area (Å²) in [6.45, 7) is 11.5. The molecule has 1 aromatic carbocycles. The number of aryl methyl sites for hydroxylation is 2. The van der Waals surface area contributed by atoms with Gasteiger partial charge in [-0.15, -0.1) is 6.58 Å². The van der Waals surface area contributed by atoms with Crippen LogP contribution in [0.4, 0.5) is 4.79 Å². The van der Waals surface area contributed by atoms with Crippen LogP contribution in [0.15, 0.2) is 42.1 Å². The van der Waals surface area contributed by atoms with E-state index in [4.69, 9.17) is 0 Å². The van der Waals surface area contributed by atoms with Gasteiger partial charge in [-0.25, -0.2) is 4.79 Å². The largest absolute Gasteiger partial charge is 0.339 e. The molecule has 1 unspecified atom stereocenters. The van der Waals surface area contributed by atoms with E-state index in [9.17, 15) is 19.2 Å². The zero-order chi connectivity index (χ0) is 24.6. The summed E-state index contributed by atoms with van der Waals surface area (Å²) < 4.78 is 0. The number of hydrogen-bond acceptors (Lipinski definition) is 4. The van der Waals surface area contributed by atoms with Gasteiger partial charge in [-0.3, -0.25) is 19.3 Å². The van der Waals surface area contributed by atoms with Crippen molar-refractivity contribution in [1.29, 1.82) is 0 Å². The first-order valence-electron chi connectivity index (χ1n) is 11.5. The van der Waals surface area contributed by atoms with Gasteiger partial charge in [-0.05, 0) is 25.0 Å². The average Bonchev–Trinajstić information content (AvgIpc) is 3.11. The second kappa shape index (κ2) is 9.32. The summed E-state index contributed by atoms with van der Waals surface area (Å²) in [5.41, 5.74) is 4.07. The standard InChI is InChI=1S/C25H31N5O4/c1-5-8-30-20-14-29(15-21(32)28-11-9-27(10-12-28)18(4)31)24(33)22(20)23(26-25(30)34)19-7-6-16(2)13-17(19)3/h5-7,13,23H,1,8-12,14-15H2,2-4H3,(H,26,34). The third kappa shape index (κ3) is 4.30. The normalized spacial score (nSPS) is 20.5. The molecule has 1 aromatic rings. The Morgan fingerprint density at radius 1 is 1.12 bits per heavy atom. The predicted molar refractivity (Wildman–Crippen MR) is 127 cm³/mol. The molecule has 0 radical (unpaired) electrons. The van der Waals surface area contributed by atoms with Gasteiger partial charge >= 0.3 is 6.03 Å². The fraction of sp³-hybridized carbons (Fsp3) is 0.440. The minimum absolute atomic E-state index is 0.00406. The van der Waals surface area contributed by atoms with E-state index in [2.05, 4.69) is 11.9 Å². The molecule has 3 aliphatic rings. The lowest BCUT2D eigenvalue weighted by Gasteiger charge is -2.35. The van der Waals surface area contributed by atoms with E-state index in [0.29, 0.717) is 37.4 Å². The zero-order valence-corrected chi connectivity index (χ0v) is 20.0. The number of carbonyl (C=O) groups excluding carboxylic acids is 4. The van der Waals surface area contributed by atoms with Crippen LogP contribution in [0.25, 0.3) is 0 Å². The van der Waals surface area contributed by atoms with Crippen molar-refractivity contribution in [3.63, 3.8) is 0 Å². The molecule has 4 rings (SSSR count). The monoisotopic (exact) mass is 465 g/mol. The fourth-order valence-corrected chi connectivity index (χ4v) is 4.92. The van der Waals surface area contributed by atoms with Crippen molar-refractivity contribution in [3.8, 4) is 0 Å². The topological polar surface area (TPSA) is 93.3 Å². The fourth-order valence-electron chi connectivity index (χ4n) is 4.92. The van der Waals surface area contributed by atoms with E-state index in [1.54, 1.807) is 15.9 Å². The van der Waals surface area contributed by atoms with Crippen molar-refractivity contribution in [1.82, 2.24) is 24.9 Å². The van der Waals surface area contributed by atoms with Crippen LogP contribution < -0.4 is 5.32 Å². The van der Waals surface area contributed by atoms with Gasteiger partial charge in [0, 0.05) is 39.6 Å². The van der Waals surface area contributed by atoms with E-state index in [-0.39, 0.29) is 43.4 Å². The molecule has 3 heterocycles. The van der Waals surface area contributed by atoms with Crippen LogP contribution in [0, 0.1) is 13.8 Å². The highest BCUT2D eigenvalue weighted by Crippen LogP contribution is 2.37. The highest BCUT2D eigenvalue weighted by Gasteiger charge is 2.44. The molecule has 3 aliphatic heterocycles. The van der Waals surface area contributed by atoms with Crippen molar-refractivity contribution in [2.45, 2.75) is 26.8 Å². The van der Waals surface area contributed by atoms with Crippen LogP contribution >= 0.6 is 0 Å². The van der Waals surface area contributed by atoms with E-state index in [1.807, 2.05) is 32.0 Å². The molecule has 0 bridgehead atoms. The Morgan fingerprint density at radius 2 is 1.79 bits per heavy atom. The van der Waals surface area contributed by atoms with E-state index < -0.39 is 6.04 Å². The maximum Gasteiger partial charge on any atom is 0.322 e. The third-order valence-electron chi connectivity index (χ3n) is 6.75. The lowest BCUT2D eigenvalue weighted by atomic mass is 9.91. The Balaban J connectivity index is 1.57. The van der Waals surface area contributed by atoms with Crippen LogP contribution in [0.5, 0.6) is 0 Å². The first-order valence-corrected chi connectivity index (χ1v) is 11.5. The molecule has 0 aromatic heterocycles. The van der Waals surface area contributed by atoms with Crippen molar-refractivity contribution < 1.29 is 19.2 Å². The van der Waals surface area contributed by atoms with Crippen molar-refractivity contribution in [3.05, 3.63) is 58.8 Å². The number of amides is 5. The summed E-state index contributed by atoms with van der Waals surface area (Å²) in [6.07, 6.45) is 1.62. The molecule has 5 amide bonds. The lowest BCUT2D eigenvalue weighted by molar-refractivity contribution is -0.141. The number of nitrogens with zero attached hydrogens (tertiary/aromatic N) is 4. The smallest absolute Gasteiger partial charge is 0.322 e. The Hall–Kier alpha value is -3.62. The van der Waals surface area contributed by atoms with Gasteiger partial charge in [-0.1, -0.05) is 29.8 Å². The maximum absolute atomic E-state index is 13.6. The van der Waals surface area contributed by atoms with E-state index in [0.717, 1.165) is 16.7 Å². The Bertz CT molecular complexity index is 1090. The molecular formula is C25H31N5O4. The summed E-state index contributed by atoms with van der Waals surface area (Å²) >= 11 is 0. The van der Waals surface area contributed by atoms with Gasteiger partial charge in [0.25, 0.3) is 5.91 Å². The zero-order valence-electron chi connectivity index (χ0n) is 20.0. The van der Waals surface area contributed by atoms with Gasteiger partial charge in [0.2, 0.25) is 11.8 Å². The highest BCUT2D eigenvalue weighted by molar-refractivity contribution is 6.03. The molecule has 1 saturated heterocycles. The molecule has 0 aliphatic carbocycles. The van der Waals surface area contributed by atoms with Gasteiger partial charge < -0.3 is 20.0 Å². The summed E-state index contributed by atoms with van der Waals surface area (Å²) in [5, 5.41) is 2.98. The molecule has 1 N–H and O–H groups in total. The van der Waals surface area contributed by atoms with Crippen molar-refractivity contribution in [2.75, 3.05) is 45.8 Å². The molecule has 180 valence electrons. The number of nitrogens with one attached hydrogen (secondary N) is 1. The second-order valence-electron chi connectivity index (χ2n) is 9.05. The summed E-state index contributed by atoms with van der Waals surface area (Å²) in [5.74, 6) is -0.408. The Kier molecular flexibility index (Phi) is 6.45.